The molecule has 8 heteroatoms. The minimum atomic E-state index is -1.69. The van der Waals surface area contributed by atoms with Gasteiger partial charge < -0.3 is 10.2 Å². The van der Waals surface area contributed by atoms with Crippen LogP contribution in [0.5, 0.6) is 0 Å². The molecule has 1 heterocycles. The molecule has 1 atom stereocenters. The first-order chi connectivity index (χ1) is 12.4. The fraction of sp³-hybridized carbons (Fsp3) is 0.167. The molecule has 1 N–H and O–H groups in total. The van der Waals surface area contributed by atoms with Crippen molar-refractivity contribution < 1.29 is 22.8 Å². The zero-order valence-corrected chi connectivity index (χ0v) is 13.3. The van der Waals surface area contributed by atoms with Gasteiger partial charge in [0.05, 0.1) is 22.9 Å². The Hall–Kier alpha value is -3.34. The SMILES string of the molecule is N#Cc1ccccc1N1CC(C(=O)Nc2ccc(F)c(F)c2F)CC1=O. The second-order valence-corrected chi connectivity index (χ2v) is 5.75. The third-order valence-electron chi connectivity index (χ3n) is 4.10. The first kappa shape index (κ1) is 17.5. The molecular formula is C18H12F3N3O2. The number of rotatable bonds is 3. The highest BCUT2D eigenvalue weighted by Crippen LogP contribution is 2.29. The second-order valence-electron chi connectivity index (χ2n) is 5.75. The van der Waals surface area contributed by atoms with Gasteiger partial charge in [0, 0.05) is 13.0 Å². The van der Waals surface area contributed by atoms with E-state index in [4.69, 9.17) is 5.26 Å². The first-order valence-electron chi connectivity index (χ1n) is 7.66. The standard InChI is InChI=1S/C18H12F3N3O2/c19-12-5-6-13(17(21)16(12)20)23-18(26)11-7-15(25)24(9-11)14-4-2-1-3-10(14)8-22/h1-6,11H,7,9H2,(H,23,26). The summed E-state index contributed by atoms with van der Waals surface area (Å²) in [6, 6.07) is 10.0. The van der Waals surface area contributed by atoms with Crippen LogP contribution < -0.4 is 10.2 Å². The first-order valence-corrected chi connectivity index (χ1v) is 7.66. The lowest BCUT2D eigenvalue weighted by Crippen LogP contribution is -2.28. The maximum absolute atomic E-state index is 13.7. The second kappa shape index (κ2) is 6.88. The Kier molecular flexibility index (Phi) is 4.63. The molecule has 0 radical (unpaired) electrons. The van der Waals surface area contributed by atoms with Gasteiger partial charge in [0.25, 0.3) is 0 Å². The summed E-state index contributed by atoms with van der Waals surface area (Å²) in [4.78, 5) is 25.8. The van der Waals surface area contributed by atoms with Crippen LogP contribution in [0.15, 0.2) is 36.4 Å². The van der Waals surface area contributed by atoms with Gasteiger partial charge in [-0.25, -0.2) is 13.2 Å². The number of nitrogens with one attached hydrogen (secondary N) is 1. The average Bonchev–Trinajstić information content (AvgIpc) is 3.03. The van der Waals surface area contributed by atoms with E-state index in [1.807, 2.05) is 6.07 Å². The van der Waals surface area contributed by atoms with Crippen molar-refractivity contribution in [2.24, 2.45) is 5.92 Å². The van der Waals surface area contributed by atoms with E-state index < -0.39 is 35.0 Å². The van der Waals surface area contributed by atoms with Crippen LogP contribution in [0.4, 0.5) is 24.5 Å². The smallest absolute Gasteiger partial charge is 0.229 e. The summed E-state index contributed by atoms with van der Waals surface area (Å²) >= 11 is 0. The largest absolute Gasteiger partial charge is 0.323 e. The Balaban J connectivity index is 1.78. The molecule has 1 fully saturated rings. The van der Waals surface area contributed by atoms with E-state index in [0.717, 1.165) is 6.07 Å². The zero-order valence-electron chi connectivity index (χ0n) is 13.3. The number of anilines is 2. The Morgan fingerprint density at radius 1 is 1.15 bits per heavy atom. The molecule has 1 saturated heterocycles. The molecule has 2 amide bonds. The molecule has 5 nitrogen and oxygen atoms in total. The normalized spacial score (nSPS) is 16.5. The molecule has 0 saturated carbocycles. The van der Waals surface area contributed by atoms with Crippen molar-refractivity contribution >= 4 is 23.2 Å². The number of nitrogens with zero attached hydrogens (tertiary/aromatic N) is 2. The van der Waals surface area contributed by atoms with Crippen molar-refractivity contribution in [1.29, 1.82) is 5.26 Å². The van der Waals surface area contributed by atoms with Crippen LogP contribution in [-0.2, 0) is 9.59 Å². The maximum atomic E-state index is 13.7. The molecule has 0 aromatic heterocycles. The topological polar surface area (TPSA) is 73.2 Å². The Bertz CT molecular complexity index is 940. The summed E-state index contributed by atoms with van der Waals surface area (Å²) in [6.45, 7) is -0.00530. The van der Waals surface area contributed by atoms with Crippen molar-refractivity contribution in [3.05, 3.63) is 59.4 Å². The third-order valence-corrected chi connectivity index (χ3v) is 4.10. The van der Waals surface area contributed by atoms with Gasteiger partial charge in [-0.05, 0) is 24.3 Å². The van der Waals surface area contributed by atoms with Crippen LogP contribution in [-0.4, -0.2) is 18.4 Å². The lowest BCUT2D eigenvalue weighted by atomic mass is 10.1. The fourth-order valence-corrected chi connectivity index (χ4v) is 2.78. The summed E-state index contributed by atoms with van der Waals surface area (Å²) < 4.78 is 39.9. The quantitative estimate of drug-likeness (QED) is 0.857. The molecule has 2 aromatic carbocycles. The fourth-order valence-electron chi connectivity index (χ4n) is 2.78. The van der Waals surface area contributed by atoms with Crippen molar-refractivity contribution in [2.75, 3.05) is 16.8 Å². The van der Waals surface area contributed by atoms with Gasteiger partial charge >= 0.3 is 0 Å². The molecule has 2 aromatic rings. The number of carbonyl (C=O) groups excluding carboxylic acids is 2. The summed E-state index contributed by atoms with van der Waals surface area (Å²) in [6.07, 6.45) is -0.142. The number of halogens is 3. The van der Waals surface area contributed by atoms with Gasteiger partial charge in [-0.1, -0.05) is 12.1 Å². The predicted octanol–water partition coefficient (Wildman–Crippen LogP) is 2.97. The monoisotopic (exact) mass is 359 g/mol. The molecule has 0 aliphatic carbocycles. The maximum Gasteiger partial charge on any atom is 0.229 e. The van der Waals surface area contributed by atoms with Crippen LogP contribution in [0.3, 0.4) is 0 Å². The van der Waals surface area contributed by atoms with Crippen LogP contribution in [0.1, 0.15) is 12.0 Å². The van der Waals surface area contributed by atoms with Gasteiger partial charge in [0.2, 0.25) is 11.8 Å². The lowest BCUT2D eigenvalue weighted by molar-refractivity contribution is -0.122. The average molecular weight is 359 g/mol. The van der Waals surface area contributed by atoms with E-state index in [1.54, 1.807) is 24.3 Å². The summed E-state index contributed by atoms with van der Waals surface area (Å²) in [5.74, 6) is -6.43. The van der Waals surface area contributed by atoms with E-state index in [2.05, 4.69) is 5.32 Å². The lowest BCUT2D eigenvalue weighted by Gasteiger charge is -2.18. The van der Waals surface area contributed by atoms with Crippen molar-refractivity contribution in [3.63, 3.8) is 0 Å². The van der Waals surface area contributed by atoms with Gasteiger partial charge in [0.15, 0.2) is 17.5 Å². The van der Waals surface area contributed by atoms with Crippen LogP contribution in [0, 0.1) is 34.7 Å². The highest BCUT2D eigenvalue weighted by molar-refractivity contribution is 6.04. The van der Waals surface area contributed by atoms with E-state index in [-0.39, 0.29) is 24.4 Å². The number of hydrogen-bond acceptors (Lipinski definition) is 3. The Morgan fingerprint density at radius 2 is 1.88 bits per heavy atom. The molecule has 1 unspecified atom stereocenters. The predicted molar refractivity (Wildman–Crippen MR) is 86.6 cm³/mol. The number of para-hydroxylation sites is 1. The van der Waals surface area contributed by atoms with E-state index in [9.17, 15) is 22.8 Å². The van der Waals surface area contributed by atoms with Gasteiger partial charge in [-0.2, -0.15) is 5.26 Å². The Labute approximate surface area is 146 Å². The summed E-state index contributed by atoms with van der Waals surface area (Å²) in [5, 5.41) is 11.3. The molecular weight excluding hydrogens is 347 g/mol. The van der Waals surface area contributed by atoms with Crippen LogP contribution >= 0.6 is 0 Å². The molecule has 1 aliphatic heterocycles. The summed E-state index contributed by atoms with van der Waals surface area (Å²) in [7, 11) is 0. The van der Waals surface area contributed by atoms with Gasteiger partial charge in [0.1, 0.15) is 6.07 Å². The molecule has 132 valence electrons. The van der Waals surface area contributed by atoms with Gasteiger partial charge in [-0.3, -0.25) is 9.59 Å². The molecule has 1 aliphatic rings. The van der Waals surface area contributed by atoms with Crippen molar-refractivity contribution in [3.8, 4) is 6.07 Å². The summed E-state index contributed by atoms with van der Waals surface area (Å²) in [5.41, 5.74) is 0.167. The number of amides is 2. The number of carbonyl (C=O) groups is 2. The van der Waals surface area contributed by atoms with Crippen molar-refractivity contribution in [1.82, 2.24) is 0 Å². The van der Waals surface area contributed by atoms with E-state index in [1.165, 1.54) is 4.90 Å². The number of benzene rings is 2. The van der Waals surface area contributed by atoms with Gasteiger partial charge in [-0.15, -0.1) is 0 Å². The molecule has 26 heavy (non-hydrogen) atoms. The highest BCUT2D eigenvalue weighted by Gasteiger charge is 2.36. The van der Waals surface area contributed by atoms with Crippen LogP contribution in [0.25, 0.3) is 0 Å². The minimum Gasteiger partial charge on any atom is -0.323 e. The zero-order chi connectivity index (χ0) is 18.8. The number of nitriles is 1. The van der Waals surface area contributed by atoms with Crippen molar-refractivity contribution in [2.45, 2.75) is 6.42 Å². The van der Waals surface area contributed by atoms with Crippen LogP contribution in [0.2, 0.25) is 0 Å². The molecule has 3 rings (SSSR count). The molecule has 0 bridgehead atoms. The number of hydrogen-bond donors (Lipinski definition) is 1. The highest BCUT2D eigenvalue weighted by atomic mass is 19.2. The minimum absolute atomic E-state index is 0.00530. The Morgan fingerprint density at radius 3 is 2.62 bits per heavy atom. The third kappa shape index (κ3) is 3.11. The molecule has 0 spiro atoms. The van der Waals surface area contributed by atoms with E-state index >= 15 is 0 Å². The van der Waals surface area contributed by atoms with E-state index in [0.29, 0.717) is 11.8 Å².